The Balaban J connectivity index is 2.49. The molecule has 0 radical (unpaired) electrons. The molecule has 0 aromatic heterocycles. The third-order valence-corrected chi connectivity index (χ3v) is 2.89. The summed E-state index contributed by atoms with van der Waals surface area (Å²) in [5.41, 5.74) is -2.18. The molecule has 0 saturated carbocycles. The Hall–Kier alpha value is -2.57. The van der Waals surface area contributed by atoms with Crippen LogP contribution in [0.15, 0.2) is 42.5 Å². The van der Waals surface area contributed by atoms with E-state index < -0.39 is 29.2 Å². The fourth-order valence-corrected chi connectivity index (χ4v) is 1.90. The van der Waals surface area contributed by atoms with E-state index in [2.05, 4.69) is 5.32 Å². The van der Waals surface area contributed by atoms with Crippen molar-refractivity contribution in [2.75, 3.05) is 12.4 Å². The van der Waals surface area contributed by atoms with E-state index in [1.165, 1.54) is 12.1 Å². The number of hydrogen-bond acceptors (Lipinski definition) is 2. The van der Waals surface area contributed by atoms with Gasteiger partial charge in [-0.1, -0.05) is 18.2 Å². The van der Waals surface area contributed by atoms with Gasteiger partial charge in [0.1, 0.15) is 17.1 Å². The third kappa shape index (κ3) is 3.19. The molecule has 0 unspecified atom stereocenters. The molecular formula is C15H11F4NO2. The van der Waals surface area contributed by atoms with Gasteiger partial charge in [-0.3, -0.25) is 4.79 Å². The largest absolute Gasteiger partial charge is 0.495 e. The van der Waals surface area contributed by atoms with Crippen LogP contribution in [-0.2, 0) is 6.18 Å². The molecule has 0 aliphatic rings. The lowest BCUT2D eigenvalue weighted by Gasteiger charge is -2.17. The Morgan fingerprint density at radius 1 is 1.09 bits per heavy atom. The summed E-state index contributed by atoms with van der Waals surface area (Å²) in [6.07, 6.45) is -4.97. The van der Waals surface area contributed by atoms with Crippen molar-refractivity contribution in [1.82, 2.24) is 0 Å². The molecule has 116 valence electrons. The van der Waals surface area contributed by atoms with Crippen molar-refractivity contribution in [2.24, 2.45) is 0 Å². The van der Waals surface area contributed by atoms with E-state index in [-0.39, 0.29) is 11.3 Å². The van der Waals surface area contributed by atoms with Gasteiger partial charge in [-0.25, -0.2) is 4.39 Å². The molecule has 0 fully saturated rings. The minimum atomic E-state index is -4.97. The second kappa shape index (κ2) is 6.05. The first-order chi connectivity index (χ1) is 10.3. The highest BCUT2D eigenvalue weighted by Gasteiger charge is 2.39. The highest BCUT2D eigenvalue weighted by Crippen LogP contribution is 2.41. The molecule has 0 saturated heterocycles. The second-order valence-electron chi connectivity index (χ2n) is 4.32. The van der Waals surface area contributed by atoms with Crippen LogP contribution >= 0.6 is 0 Å². The van der Waals surface area contributed by atoms with E-state index in [9.17, 15) is 22.4 Å². The number of carbonyl (C=O) groups excluding carboxylic acids is 1. The minimum Gasteiger partial charge on any atom is -0.495 e. The van der Waals surface area contributed by atoms with Crippen LogP contribution < -0.4 is 10.1 Å². The molecule has 7 heteroatoms. The Labute approximate surface area is 123 Å². The molecule has 22 heavy (non-hydrogen) atoms. The predicted octanol–water partition coefficient (Wildman–Crippen LogP) is 4.11. The van der Waals surface area contributed by atoms with Gasteiger partial charge in [0.25, 0.3) is 5.91 Å². The number of benzene rings is 2. The maximum atomic E-state index is 13.6. The van der Waals surface area contributed by atoms with Crippen LogP contribution in [0.2, 0.25) is 0 Å². The van der Waals surface area contributed by atoms with Gasteiger partial charge < -0.3 is 10.1 Å². The molecule has 2 rings (SSSR count). The van der Waals surface area contributed by atoms with E-state index in [0.29, 0.717) is 6.07 Å². The molecule has 1 N–H and O–H groups in total. The zero-order valence-electron chi connectivity index (χ0n) is 11.4. The molecule has 0 atom stereocenters. The molecule has 3 nitrogen and oxygen atoms in total. The van der Waals surface area contributed by atoms with E-state index >= 15 is 0 Å². The van der Waals surface area contributed by atoms with Gasteiger partial charge in [-0.15, -0.1) is 0 Å². The fraction of sp³-hybridized carbons (Fsp3) is 0.133. The molecule has 2 aromatic carbocycles. The summed E-state index contributed by atoms with van der Waals surface area (Å²) in [6, 6.07) is 9.28. The number of methoxy groups -OCH3 is 1. The highest BCUT2D eigenvalue weighted by atomic mass is 19.4. The Kier molecular flexibility index (Phi) is 4.35. The molecule has 1 amide bonds. The van der Waals surface area contributed by atoms with E-state index in [4.69, 9.17) is 4.74 Å². The third-order valence-electron chi connectivity index (χ3n) is 2.89. The lowest BCUT2D eigenvalue weighted by Crippen LogP contribution is -2.19. The summed E-state index contributed by atoms with van der Waals surface area (Å²) in [5.74, 6) is -2.57. The number of alkyl halides is 3. The highest BCUT2D eigenvalue weighted by molar-refractivity contribution is 6.05. The number of amides is 1. The average Bonchev–Trinajstić information content (AvgIpc) is 2.47. The first-order valence-electron chi connectivity index (χ1n) is 6.14. The van der Waals surface area contributed by atoms with Gasteiger partial charge in [0.15, 0.2) is 0 Å². The predicted molar refractivity (Wildman–Crippen MR) is 72.3 cm³/mol. The number of anilines is 1. The SMILES string of the molecule is COc1ccc(F)c(C(F)(F)F)c1NC(=O)c1ccccc1. The molecule has 0 heterocycles. The second-order valence-corrected chi connectivity index (χ2v) is 4.32. The first-order valence-corrected chi connectivity index (χ1v) is 6.14. The monoisotopic (exact) mass is 313 g/mol. The topological polar surface area (TPSA) is 38.3 Å². The Morgan fingerprint density at radius 3 is 2.27 bits per heavy atom. The normalized spacial score (nSPS) is 11.1. The summed E-state index contributed by atoms with van der Waals surface area (Å²) in [4.78, 5) is 12.0. The van der Waals surface area contributed by atoms with Crippen molar-refractivity contribution in [2.45, 2.75) is 6.18 Å². The first kappa shape index (κ1) is 15.8. The zero-order chi connectivity index (χ0) is 16.3. The quantitative estimate of drug-likeness (QED) is 0.866. The molecule has 0 spiro atoms. The van der Waals surface area contributed by atoms with Crippen LogP contribution in [0.4, 0.5) is 23.2 Å². The molecule has 0 aliphatic carbocycles. The number of rotatable bonds is 3. The van der Waals surface area contributed by atoms with Crippen molar-refractivity contribution >= 4 is 11.6 Å². The van der Waals surface area contributed by atoms with Gasteiger partial charge in [0.05, 0.1) is 12.8 Å². The van der Waals surface area contributed by atoms with Crippen LogP contribution in [0.3, 0.4) is 0 Å². The molecule has 0 bridgehead atoms. The van der Waals surface area contributed by atoms with Crippen LogP contribution in [-0.4, -0.2) is 13.0 Å². The van der Waals surface area contributed by atoms with Gasteiger partial charge in [-0.2, -0.15) is 13.2 Å². The number of halogens is 4. The van der Waals surface area contributed by atoms with Crippen molar-refractivity contribution < 1.29 is 27.1 Å². The Morgan fingerprint density at radius 2 is 1.73 bits per heavy atom. The summed E-state index contributed by atoms with van der Waals surface area (Å²) in [6.45, 7) is 0. The standard InChI is InChI=1S/C15H11F4NO2/c1-22-11-8-7-10(16)12(15(17,18)19)13(11)20-14(21)9-5-3-2-4-6-9/h2-8H,1H3,(H,20,21). The minimum absolute atomic E-state index is 0.141. The van der Waals surface area contributed by atoms with Gasteiger partial charge in [-0.05, 0) is 24.3 Å². The maximum absolute atomic E-state index is 13.6. The maximum Gasteiger partial charge on any atom is 0.421 e. The molecular weight excluding hydrogens is 302 g/mol. The summed E-state index contributed by atoms with van der Waals surface area (Å²) >= 11 is 0. The van der Waals surface area contributed by atoms with E-state index in [0.717, 1.165) is 13.2 Å². The van der Waals surface area contributed by atoms with Crippen molar-refractivity contribution in [1.29, 1.82) is 0 Å². The van der Waals surface area contributed by atoms with Gasteiger partial charge in [0, 0.05) is 5.56 Å². The zero-order valence-corrected chi connectivity index (χ0v) is 11.4. The number of ether oxygens (including phenoxy) is 1. The molecule has 2 aromatic rings. The smallest absolute Gasteiger partial charge is 0.421 e. The lowest BCUT2D eigenvalue weighted by molar-refractivity contribution is -0.139. The summed E-state index contributed by atoms with van der Waals surface area (Å²) in [7, 11) is 1.13. The molecule has 0 aliphatic heterocycles. The fourth-order valence-electron chi connectivity index (χ4n) is 1.90. The summed E-state index contributed by atoms with van der Waals surface area (Å²) in [5, 5.41) is 2.07. The van der Waals surface area contributed by atoms with Crippen LogP contribution in [0.25, 0.3) is 0 Å². The van der Waals surface area contributed by atoms with Crippen molar-refractivity contribution in [3.8, 4) is 5.75 Å². The number of nitrogens with one attached hydrogen (secondary N) is 1. The lowest BCUT2D eigenvalue weighted by atomic mass is 10.1. The number of carbonyl (C=O) groups is 1. The average molecular weight is 313 g/mol. The van der Waals surface area contributed by atoms with Crippen LogP contribution in [0.5, 0.6) is 5.75 Å². The van der Waals surface area contributed by atoms with Crippen molar-refractivity contribution in [3.63, 3.8) is 0 Å². The van der Waals surface area contributed by atoms with Gasteiger partial charge >= 0.3 is 6.18 Å². The van der Waals surface area contributed by atoms with Crippen molar-refractivity contribution in [3.05, 3.63) is 59.4 Å². The summed E-state index contributed by atoms with van der Waals surface area (Å²) < 4.78 is 57.5. The van der Waals surface area contributed by atoms with Gasteiger partial charge in [0.2, 0.25) is 0 Å². The van der Waals surface area contributed by atoms with E-state index in [1.54, 1.807) is 18.2 Å². The Bertz CT molecular complexity index is 684. The van der Waals surface area contributed by atoms with Crippen LogP contribution in [0, 0.1) is 5.82 Å². The number of hydrogen-bond donors (Lipinski definition) is 1. The van der Waals surface area contributed by atoms with Crippen LogP contribution in [0.1, 0.15) is 15.9 Å². The van der Waals surface area contributed by atoms with E-state index in [1.807, 2.05) is 0 Å².